The van der Waals surface area contributed by atoms with Gasteiger partial charge in [0, 0.05) is 11.1 Å². The second-order valence-electron chi connectivity index (χ2n) is 7.12. The lowest BCUT2D eigenvalue weighted by Gasteiger charge is -2.24. The molecule has 1 aliphatic heterocycles. The number of benzene rings is 3. The summed E-state index contributed by atoms with van der Waals surface area (Å²) in [6, 6.07) is 18.7. The van der Waals surface area contributed by atoms with Gasteiger partial charge in [-0.15, -0.1) is 0 Å². The van der Waals surface area contributed by atoms with Gasteiger partial charge in [0.25, 0.3) is 11.8 Å². The minimum absolute atomic E-state index is 0.00120. The molecule has 0 N–H and O–H groups in total. The third-order valence-corrected chi connectivity index (χ3v) is 4.80. The van der Waals surface area contributed by atoms with Crippen molar-refractivity contribution in [3.05, 3.63) is 95.6 Å². The topological polar surface area (TPSA) is 59.1 Å². The van der Waals surface area contributed by atoms with Gasteiger partial charge < -0.3 is 9.47 Å². The van der Waals surface area contributed by atoms with Gasteiger partial charge in [-0.3, -0.25) is 9.59 Å². The van der Waals surface area contributed by atoms with Crippen LogP contribution in [0, 0.1) is 0 Å². The fraction of sp³-hybridized carbons (Fsp3) is 0.167. The number of amides is 2. The number of carbonyl (C=O) groups excluding carboxylic acids is 2. The molecular formula is C24H18F3NO4. The molecule has 1 unspecified atom stereocenters. The third kappa shape index (κ3) is 4.81. The smallest absolute Gasteiger partial charge is 0.416 e. The molecule has 1 atom stereocenters. The summed E-state index contributed by atoms with van der Waals surface area (Å²) in [5.41, 5.74) is -0.630. The highest BCUT2D eigenvalue weighted by Crippen LogP contribution is 2.38. The van der Waals surface area contributed by atoms with Crippen LogP contribution in [0.25, 0.3) is 0 Å². The van der Waals surface area contributed by atoms with Crippen molar-refractivity contribution in [1.29, 1.82) is 0 Å². The van der Waals surface area contributed by atoms with E-state index in [2.05, 4.69) is 0 Å². The number of hydrogen-bond donors (Lipinski definition) is 0. The zero-order valence-electron chi connectivity index (χ0n) is 16.7. The Morgan fingerprint density at radius 2 is 1.44 bits per heavy atom. The summed E-state index contributed by atoms with van der Waals surface area (Å²) in [6.45, 7) is 0.436. The predicted octanol–water partition coefficient (Wildman–Crippen LogP) is 4.97. The first-order valence-electron chi connectivity index (χ1n) is 9.79. The average Bonchev–Trinajstić information content (AvgIpc) is 3.63. The number of ether oxygens (including phenoxy) is 2. The molecule has 3 aromatic rings. The van der Waals surface area contributed by atoms with E-state index < -0.39 is 23.6 Å². The highest BCUT2D eigenvalue weighted by Gasteiger charge is 2.35. The van der Waals surface area contributed by atoms with Gasteiger partial charge in [0.15, 0.2) is 0 Å². The fourth-order valence-electron chi connectivity index (χ4n) is 3.07. The lowest BCUT2D eigenvalue weighted by molar-refractivity contribution is -0.137. The molecule has 164 valence electrons. The van der Waals surface area contributed by atoms with Crippen LogP contribution in [0.5, 0.6) is 5.75 Å². The molecule has 1 aliphatic rings. The van der Waals surface area contributed by atoms with E-state index in [1.807, 2.05) is 0 Å². The minimum Gasteiger partial charge on any atom is -0.489 e. The zero-order valence-corrected chi connectivity index (χ0v) is 16.7. The minimum atomic E-state index is -4.62. The van der Waals surface area contributed by atoms with Crippen LogP contribution in [0.1, 0.15) is 26.3 Å². The highest BCUT2D eigenvalue weighted by atomic mass is 19.4. The molecule has 3 aromatic carbocycles. The summed E-state index contributed by atoms with van der Waals surface area (Å²) in [5.74, 6) is -1.61. The Kier molecular flexibility index (Phi) is 5.96. The number of halogens is 3. The van der Waals surface area contributed by atoms with E-state index >= 15 is 0 Å². The van der Waals surface area contributed by atoms with E-state index in [9.17, 15) is 22.8 Å². The number of hydrogen-bond acceptors (Lipinski definition) is 4. The Morgan fingerprint density at radius 3 is 1.91 bits per heavy atom. The first kappa shape index (κ1) is 21.6. The molecule has 0 aliphatic carbocycles. The summed E-state index contributed by atoms with van der Waals surface area (Å²) >= 11 is 0. The maximum Gasteiger partial charge on any atom is 0.416 e. The largest absolute Gasteiger partial charge is 0.489 e. The summed E-state index contributed by atoms with van der Waals surface area (Å²) in [4.78, 5) is 27.5. The Balaban J connectivity index is 1.82. The Morgan fingerprint density at radius 1 is 0.906 bits per heavy atom. The van der Waals surface area contributed by atoms with E-state index in [-0.39, 0.29) is 35.3 Å². The standard InChI is InChI=1S/C24H18F3NO4/c25-24(26,27)18-11-12-20(21(13-18)32-15-19-14-31-19)28(22(29)16-7-3-1-4-8-16)23(30)17-9-5-2-6-10-17/h1-13,19H,14-15H2. The van der Waals surface area contributed by atoms with Crippen LogP contribution in [0.3, 0.4) is 0 Å². The number of rotatable bonds is 6. The molecule has 4 rings (SSSR count). The third-order valence-electron chi connectivity index (χ3n) is 4.80. The van der Waals surface area contributed by atoms with E-state index in [1.165, 1.54) is 24.3 Å². The Hall–Kier alpha value is -3.65. The van der Waals surface area contributed by atoms with E-state index in [1.54, 1.807) is 36.4 Å². The van der Waals surface area contributed by atoms with Gasteiger partial charge in [0.1, 0.15) is 18.5 Å². The molecule has 8 heteroatoms. The molecule has 0 radical (unpaired) electrons. The van der Waals surface area contributed by atoms with Crippen molar-refractivity contribution < 1.29 is 32.2 Å². The lowest BCUT2D eigenvalue weighted by atomic mass is 10.1. The van der Waals surface area contributed by atoms with Crippen LogP contribution < -0.4 is 9.64 Å². The summed E-state index contributed by atoms with van der Waals surface area (Å²) in [5, 5.41) is 0. The van der Waals surface area contributed by atoms with Crippen molar-refractivity contribution in [3.63, 3.8) is 0 Å². The molecule has 0 spiro atoms. The monoisotopic (exact) mass is 441 g/mol. The highest BCUT2D eigenvalue weighted by molar-refractivity contribution is 6.26. The fourth-order valence-corrected chi connectivity index (χ4v) is 3.07. The number of epoxide rings is 1. The van der Waals surface area contributed by atoms with Gasteiger partial charge in [0.05, 0.1) is 17.9 Å². The van der Waals surface area contributed by atoms with Gasteiger partial charge in [-0.25, -0.2) is 4.90 Å². The molecule has 0 aromatic heterocycles. The second kappa shape index (κ2) is 8.84. The van der Waals surface area contributed by atoms with Crippen molar-refractivity contribution >= 4 is 17.5 Å². The predicted molar refractivity (Wildman–Crippen MR) is 111 cm³/mol. The molecule has 32 heavy (non-hydrogen) atoms. The lowest BCUT2D eigenvalue weighted by Crippen LogP contribution is -2.37. The molecule has 0 saturated carbocycles. The molecule has 0 bridgehead atoms. The number of alkyl halides is 3. The first-order chi connectivity index (χ1) is 15.3. The molecule has 1 fully saturated rings. The van der Waals surface area contributed by atoms with Crippen LogP contribution in [-0.4, -0.2) is 31.1 Å². The maximum absolute atomic E-state index is 13.3. The van der Waals surface area contributed by atoms with Crippen LogP contribution in [0.4, 0.5) is 18.9 Å². The van der Waals surface area contributed by atoms with Crippen LogP contribution in [0.15, 0.2) is 78.9 Å². The average molecular weight is 441 g/mol. The summed E-state index contributed by atoms with van der Waals surface area (Å²) in [7, 11) is 0. The number of nitrogens with zero attached hydrogens (tertiary/aromatic N) is 1. The first-order valence-corrected chi connectivity index (χ1v) is 9.79. The quantitative estimate of drug-likeness (QED) is 0.400. The molecular weight excluding hydrogens is 423 g/mol. The van der Waals surface area contributed by atoms with Crippen LogP contribution >= 0.6 is 0 Å². The van der Waals surface area contributed by atoms with Crippen LogP contribution in [0.2, 0.25) is 0 Å². The van der Waals surface area contributed by atoms with Crippen molar-refractivity contribution in [2.75, 3.05) is 18.1 Å². The molecule has 1 saturated heterocycles. The van der Waals surface area contributed by atoms with Crippen molar-refractivity contribution in [1.82, 2.24) is 0 Å². The SMILES string of the molecule is O=C(c1ccccc1)N(C(=O)c1ccccc1)c1ccc(C(F)(F)F)cc1OCC1CO1. The van der Waals surface area contributed by atoms with Gasteiger partial charge in [-0.05, 0) is 42.5 Å². The van der Waals surface area contributed by atoms with E-state index in [4.69, 9.17) is 9.47 Å². The Labute approximate surface area is 182 Å². The summed E-state index contributed by atoms with van der Waals surface area (Å²) in [6.07, 6.45) is -4.86. The zero-order chi connectivity index (χ0) is 22.7. The molecule has 1 heterocycles. The van der Waals surface area contributed by atoms with Gasteiger partial charge in [-0.2, -0.15) is 13.2 Å². The number of anilines is 1. The number of imide groups is 1. The van der Waals surface area contributed by atoms with Gasteiger partial charge in [0.2, 0.25) is 0 Å². The van der Waals surface area contributed by atoms with Gasteiger partial charge >= 0.3 is 6.18 Å². The summed E-state index contributed by atoms with van der Waals surface area (Å²) < 4.78 is 50.6. The van der Waals surface area contributed by atoms with Crippen molar-refractivity contribution in [2.45, 2.75) is 12.3 Å². The molecule has 2 amide bonds. The van der Waals surface area contributed by atoms with Gasteiger partial charge in [-0.1, -0.05) is 36.4 Å². The maximum atomic E-state index is 13.3. The van der Waals surface area contributed by atoms with E-state index in [0.717, 1.165) is 23.1 Å². The van der Waals surface area contributed by atoms with E-state index in [0.29, 0.717) is 6.61 Å². The Bertz CT molecular complexity index is 1060. The normalized spacial score (nSPS) is 15.2. The van der Waals surface area contributed by atoms with Crippen molar-refractivity contribution in [2.24, 2.45) is 0 Å². The second-order valence-corrected chi connectivity index (χ2v) is 7.12. The van der Waals surface area contributed by atoms with Crippen LogP contribution in [-0.2, 0) is 10.9 Å². The number of carbonyl (C=O) groups is 2. The van der Waals surface area contributed by atoms with Crippen molar-refractivity contribution in [3.8, 4) is 5.75 Å². The molecule has 5 nitrogen and oxygen atoms in total.